The number of anilines is 1. The standard InChI is InChI=1S/C12H11ClN4O2S/c1-20-11-8(10(15)18)9(14)17(16-11)12(19)6-2-4-7(13)5-3-6/h2-5H,14H2,1H3,(H2,15,18). The second-order valence-corrected chi connectivity index (χ2v) is 5.09. The molecule has 1 aromatic carbocycles. The number of nitrogens with zero attached hydrogens (tertiary/aromatic N) is 2. The van der Waals surface area contributed by atoms with Gasteiger partial charge in [0.1, 0.15) is 16.4 Å². The fraction of sp³-hybridized carbons (Fsp3) is 0.0833. The summed E-state index contributed by atoms with van der Waals surface area (Å²) in [6.45, 7) is 0. The maximum Gasteiger partial charge on any atom is 0.280 e. The average Bonchev–Trinajstić information content (AvgIpc) is 2.75. The van der Waals surface area contributed by atoms with Crippen LogP contribution in [0.25, 0.3) is 0 Å². The Hall–Kier alpha value is -1.99. The van der Waals surface area contributed by atoms with Crippen molar-refractivity contribution in [2.75, 3.05) is 12.0 Å². The maximum atomic E-state index is 12.3. The van der Waals surface area contributed by atoms with Gasteiger partial charge in [-0.25, -0.2) is 0 Å². The van der Waals surface area contributed by atoms with Crippen molar-refractivity contribution in [3.05, 3.63) is 40.4 Å². The van der Waals surface area contributed by atoms with E-state index >= 15 is 0 Å². The third-order valence-electron chi connectivity index (χ3n) is 2.61. The minimum Gasteiger partial charge on any atom is -0.383 e. The number of aromatic nitrogens is 2. The molecule has 1 heterocycles. The number of nitrogen functional groups attached to an aromatic ring is 1. The first-order chi connectivity index (χ1) is 9.45. The van der Waals surface area contributed by atoms with E-state index in [-0.39, 0.29) is 11.4 Å². The van der Waals surface area contributed by atoms with Gasteiger partial charge in [-0.05, 0) is 30.5 Å². The molecule has 1 amide bonds. The van der Waals surface area contributed by atoms with Gasteiger partial charge in [0.05, 0.1) is 0 Å². The van der Waals surface area contributed by atoms with Crippen LogP contribution in [0.15, 0.2) is 29.3 Å². The molecular weight excluding hydrogens is 300 g/mol. The number of amides is 1. The van der Waals surface area contributed by atoms with E-state index in [2.05, 4.69) is 5.10 Å². The predicted molar refractivity (Wildman–Crippen MR) is 78.1 cm³/mol. The SMILES string of the molecule is CSc1nn(C(=O)c2ccc(Cl)cc2)c(N)c1C(N)=O. The highest BCUT2D eigenvalue weighted by molar-refractivity contribution is 7.98. The summed E-state index contributed by atoms with van der Waals surface area (Å²) in [6.07, 6.45) is 1.71. The van der Waals surface area contributed by atoms with Crippen LogP contribution in [-0.2, 0) is 0 Å². The molecule has 0 saturated carbocycles. The van der Waals surface area contributed by atoms with Crippen molar-refractivity contribution in [1.29, 1.82) is 0 Å². The number of primary amides is 1. The molecule has 0 fully saturated rings. The van der Waals surface area contributed by atoms with Crippen molar-refractivity contribution in [3.63, 3.8) is 0 Å². The van der Waals surface area contributed by atoms with Crippen molar-refractivity contribution < 1.29 is 9.59 Å². The smallest absolute Gasteiger partial charge is 0.280 e. The number of thioether (sulfide) groups is 1. The highest BCUT2D eigenvalue weighted by Crippen LogP contribution is 2.25. The third-order valence-corrected chi connectivity index (χ3v) is 3.54. The molecule has 0 aliphatic carbocycles. The Labute approximate surface area is 124 Å². The number of rotatable bonds is 3. The van der Waals surface area contributed by atoms with E-state index in [0.717, 1.165) is 4.68 Å². The van der Waals surface area contributed by atoms with Crippen molar-refractivity contribution in [2.45, 2.75) is 5.03 Å². The van der Waals surface area contributed by atoms with Crippen LogP contribution >= 0.6 is 23.4 Å². The maximum absolute atomic E-state index is 12.3. The van der Waals surface area contributed by atoms with Crippen LogP contribution in [0.5, 0.6) is 0 Å². The fourth-order valence-corrected chi connectivity index (χ4v) is 2.35. The van der Waals surface area contributed by atoms with Crippen LogP contribution < -0.4 is 11.5 Å². The average molecular weight is 311 g/mol. The Morgan fingerprint density at radius 3 is 2.35 bits per heavy atom. The lowest BCUT2D eigenvalue weighted by atomic mass is 10.2. The van der Waals surface area contributed by atoms with Crippen LogP contribution in [0, 0.1) is 0 Å². The van der Waals surface area contributed by atoms with E-state index in [9.17, 15) is 9.59 Å². The van der Waals surface area contributed by atoms with Gasteiger partial charge in [0.2, 0.25) is 0 Å². The number of nitrogens with two attached hydrogens (primary N) is 2. The number of halogens is 1. The van der Waals surface area contributed by atoms with Gasteiger partial charge < -0.3 is 11.5 Å². The Morgan fingerprint density at radius 2 is 1.90 bits per heavy atom. The van der Waals surface area contributed by atoms with Crippen LogP contribution in [0.4, 0.5) is 5.82 Å². The van der Waals surface area contributed by atoms with E-state index < -0.39 is 11.8 Å². The second-order valence-electron chi connectivity index (χ2n) is 3.86. The van der Waals surface area contributed by atoms with Gasteiger partial charge in [0.15, 0.2) is 0 Å². The molecule has 2 aromatic rings. The molecule has 0 saturated heterocycles. The zero-order chi connectivity index (χ0) is 14.9. The Bertz CT molecular complexity index is 682. The molecule has 8 heteroatoms. The summed E-state index contributed by atoms with van der Waals surface area (Å²) in [5.41, 5.74) is 11.4. The molecule has 0 aliphatic heterocycles. The topological polar surface area (TPSA) is 104 Å². The molecule has 0 radical (unpaired) electrons. The van der Waals surface area contributed by atoms with Gasteiger partial charge in [-0.3, -0.25) is 9.59 Å². The lowest BCUT2D eigenvalue weighted by Gasteiger charge is -2.03. The molecule has 2 rings (SSSR count). The van der Waals surface area contributed by atoms with Gasteiger partial charge in [-0.15, -0.1) is 11.8 Å². The normalized spacial score (nSPS) is 10.5. The first kappa shape index (κ1) is 14.4. The number of hydrogen-bond donors (Lipinski definition) is 2. The van der Waals surface area contributed by atoms with Crippen molar-refractivity contribution in [3.8, 4) is 0 Å². The summed E-state index contributed by atoms with van der Waals surface area (Å²) in [7, 11) is 0. The summed E-state index contributed by atoms with van der Waals surface area (Å²) >= 11 is 6.95. The number of hydrogen-bond acceptors (Lipinski definition) is 5. The van der Waals surface area contributed by atoms with Crippen LogP contribution in [-0.4, -0.2) is 27.9 Å². The summed E-state index contributed by atoms with van der Waals surface area (Å²) in [4.78, 5) is 23.7. The lowest BCUT2D eigenvalue weighted by Crippen LogP contribution is -2.18. The number of benzene rings is 1. The molecule has 0 spiro atoms. The van der Waals surface area contributed by atoms with Gasteiger partial charge in [0.25, 0.3) is 11.8 Å². The van der Waals surface area contributed by atoms with Crippen molar-refractivity contribution in [2.24, 2.45) is 5.73 Å². The molecule has 20 heavy (non-hydrogen) atoms. The van der Waals surface area contributed by atoms with Crippen molar-refractivity contribution >= 4 is 41.0 Å². The van der Waals surface area contributed by atoms with E-state index in [1.54, 1.807) is 30.5 Å². The largest absolute Gasteiger partial charge is 0.383 e. The fourth-order valence-electron chi connectivity index (χ4n) is 1.65. The first-order valence-corrected chi connectivity index (χ1v) is 7.08. The molecule has 104 valence electrons. The quantitative estimate of drug-likeness (QED) is 0.838. The van der Waals surface area contributed by atoms with Crippen LogP contribution in [0.3, 0.4) is 0 Å². The van der Waals surface area contributed by atoms with Crippen LogP contribution in [0.1, 0.15) is 20.7 Å². The minimum absolute atomic E-state index is 0.0554. The minimum atomic E-state index is -0.720. The van der Waals surface area contributed by atoms with E-state index in [1.807, 2.05) is 0 Å². The molecule has 4 N–H and O–H groups in total. The van der Waals surface area contributed by atoms with E-state index in [1.165, 1.54) is 11.8 Å². The molecule has 1 aromatic heterocycles. The zero-order valence-electron chi connectivity index (χ0n) is 10.5. The molecule has 0 bridgehead atoms. The first-order valence-electron chi connectivity index (χ1n) is 5.48. The molecular formula is C12H11ClN4O2S. The summed E-state index contributed by atoms with van der Waals surface area (Å²) in [6, 6.07) is 6.26. The molecule has 0 aliphatic rings. The second kappa shape index (κ2) is 5.56. The zero-order valence-corrected chi connectivity index (χ0v) is 12.0. The summed E-state index contributed by atoms with van der Waals surface area (Å²) in [5, 5.41) is 4.85. The van der Waals surface area contributed by atoms with Gasteiger partial charge in [-0.1, -0.05) is 11.6 Å². The Morgan fingerprint density at radius 1 is 1.30 bits per heavy atom. The number of carbonyl (C=O) groups is 2. The highest BCUT2D eigenvalue weighted by Gasteiger charge is 2.23. The monoisotopic (exact) mass is 310 g/mol. The summed E-state index contributed by atoms with van der Waals surface area (Å²) in [5.74, 6) is -1.24. The lowest BCUT2D eigenvalue weighted by molar-refractivity contribution is 0.0946. The Kier molecular flexibility index (Phi) is 4.01. The highest BCUT2D eigenvalue weighted by atomic mass is 35.5. The number of carbonyl (C=O) groups excluding carboxylic acids is 2. The predicted octanol–water partition coefficient (Wildman–Crippen LogP) is 1.63. The van der Waals surface area contributed by atoms with E-state index in [0.29, 0.717) is 15.6 Å². The molecule has 0 atom stereocenters. The molecule has 6 nitrogen and oxygen atoms in total. The van der Waals surface area contributed by atoms with Gasteiger partial charge in [0, 0.05) is 10.6 Å². The van der Waals surface area contributed by atoms with Crippen molar-refractivity contribution in [1.82, 2.24) is 9.78 Å². The van der Waals surface area contributed by atoms with E-state index in [4.69, 9.17) is 23.1 Å². The van der Waals surface area contributed by atoms with Crippen LogP contribution in [0.2, 0.25) is 5.02 Å². The molecule has 0 unspecified atom stereocenters. The Balaban J connectivity index is 2.50. The summed E-state index contributed by atoms with van der Waals surface area (Å²) < 4.78 is 0.967. The van der Waals surface area contributed by atoms with Gasteiger partial charge in [-0.2, -0.15) is 9.78 Å². The van der Waals surface area contributed by atoms with Gasteiger partial charge >= 0.3 is 0 Å². The third kappa shape index (κ3) is 2.50.